The number of hydrogen-bond donors (Lipinski definition) is 1. The molecule has 1 rings (SSSR count). The van der Waals surface area contributed by atoms with Gasteiger partial charge < -0.3 is 5.32 Å². The van der Waals surface area contributed by atoms with E-state index in [4.69, 9.17) is 0 Å². The number of halogens is 1. The van der Waals surface area contributed by atoms with Crippen molar-refractivity contribution in [2.45, 2.75) is 33.6 Å². The van der Waals surface area contributed by atoms with Crippen LogP contribution in [0.15, 0.2) is 24.3 Å². The molecule has 0 atom stereocenters. The lowest BCUT2D eigenvalue weighted by atomic mass is 9.84. The molecule has 0 aliphatic heterocycles. The van der Waals surface area contributed by atoms with Crippen LogP contribution in [-0.2, 0) is 0 Å². The third-order valence-electron chi connectivity index (χ3n) is 3.72. The Morgan fingerprint density at radius 3 is 2.22 bits per heavy atom. The summed E-state index contributed by atoms with van der Waals surface area (Å²) in [5.74, 6) is 0.0159. The topological polar surface area (TPSA) is 29.1 Å². The molecule has 0 saturated carbocycles. The summed E-state index contributed by atoms with van der Waals surface area (Å²) < 4.78 is 0. The summed E-state index contributed by atoms with van der Waals surface area (Å²) in [5.41, 5.74) is 2.07. The molecule has 0 saturated heterocycles. The summed E-state index contributed by atoms with van der Waals surface area (Å²) in [6.07, 6.45) is 2.12. The van der Waals surface area contributed by atoms with E-state index < -0.39 is 0 Å². The van der Waals surface area contributed by atoms with Crippen LogP contribution in [0.2, 0.25) is 0 Å². The number of aryl methyl sites for hydroxylation is 1. The molecule has 0 unspecified atom stereocenters. The lowest BCUT2D eigenvalue weighted by molar-refractivity contribution is 0.0932. The molecule has 0 bridgehead atoms. The molecular weight excluding hydrogens is 290 g/mol. The Hall–Kier alpha value is -0.830. The van der Waals surface area contributed by atoms with Gasteiger partial charge in [0.25, 0.3) is 5.91 Å². The number of carbonyl (C=O) groups excluding carboxylic acids is 1. The first-order valence-corrected chi connectivity index (χ1v) is 7.60. The number of benzene rings is 1. The average Bonchev–Trinajstić information content (AvgIpc) is 2.41. The zero-order valence-corrected chi connectivity index (χ0v) is 13.0. The van der Waals surface area contributed by atoms with Crippen molar-refractivity contribution in [2.75, 3.05) is 11.9 Å². The lowest BCUT2D eigenvalue weighted by Crippen LogP contribution is -2.38. The fourth-order valence-electron chi connectivity index (χ4n) is 1.81. The van der Waals surface area contributed by atoms with Crippen LogP contribution in [-0.4, -0.2) is 17.8 Å². The molecule has 1 aromatic carbocycles. The van der Waals surface area contributed by atoms with Crippen LogP contribution in [0.4, 0.5) is 0 Å². The minimum Gasteiger partial charge on any atom is -0.351 e. The Labute approximate surface area is 118 Å². The van der Waals surface area contributed by atoms with E-state index in [1.807, 2.05) is 31.2 Å². The van der Waals surface area contributed by atoms with Gasteiger partial charge in [0.15, 0.2) is 0 Å². The Morgan fingerprint density at radius 1 is 1.22 bits per heavy atom. The summed E-state index contributed by atoms with van der Waals surface area (Å²) in [5, 5.41) is 3.96. The summed E-state index contributed by atoms with van der Waals surface area (Å²) >= 11 is 3.56. The molecule has 0 heterocycles. The van der Waals surface area contributed by atoms with Crippen LogP contribution >= 0.6 is 15.9 Å². The van der Waals surface area contributed by atoms with Crippen molar-refractivity contribution in [3.63, 3.8) is 0 Å². The molecule has 1 amide bonds. The van der Waals surface area contributed by atoms with Crippen LogP contribution in [0.5, 0.6) is 0 Å². The first kappa shape index (κ1) is 15.2. The minimum atomic E-state index is 0.0159. The number of hydrogen-bond acceptors (Lipinski definition) is 1. The molecule has 0 aliphatic rings. The maximum Gasteiger partial charge on any atom is 0.251 e. The monoisotopic (exact) mass is 311 g/mol. The van der Waals surface area contributed by atoms with Gasteiger partial charge in [-0.3, -0.25) is 4.79 Å². The van der Waals surface area contributed by atoms with Crippen molar-refractivity contribution < 1.29 is 4.79 Å². The van der Waals surface area contributed by atoms with E-state index in [9.17, 15) is 4.79 Å². The largest absolute Gasteiger partial charge is 0.351 e. The van der Waals surface area contributed by atoms with Crippen molar-refractivity contribution >= 4 is 21.8 Å². The van der Waals surface area contributed by atoms with Gasteiger partial charge in [0.2, 0.25) is 0 Å². The second-order valence-electron chi connectivity index (χ2n) is 4.89. The average molecular weight is 312 g/mol. The molecular formula is C15H22BrNO. The van der Waals surface area contributed by atoms with E-state index in [0.717, 1.165) is 30.3 Å². The maximum absolute atomic E-state index is 12.0. The summed E-state index contributed by atoms with van der Waals surface area (Å²) in [6.45, 7) is 7.08. The standard InChI is InChI=1S/C15H22BrNO/c1-4-15(5-2,10-16)11-17-14(18)13-8-6-12(3)7-9-13/h6-9H,4-5,10-11H2,1-3H3,(H,17,18). The molecule has 100 valence electrons. The van der Waals surface area contributed by atoms with Gasteiger partial charge in [-0.25, -0.2) is 0 Å². The summed E-state index contributed by atoms with van der Waals surface area (Å²) in [6, 6.07) is 7.68. The van der Waals surface area contributed by atoms with Crippen LogP contribution in [0.25, 0.3) is 0 Å². The molecule has 1 N–H and O–H groups in total. The van der Waals surface area contributed by atoms with E-state index in [1.54, 1.807) is 0 Å². The normalized spacial score (nSPS) is 11.3. The first-order valence-electron chi connectivity index (χ1n) is 6.47. The highest BCUT2D eigenvalue weighted by molar-refractivity contribution is 9.09. The SMILES string of the molecule is CCC(CC)(CBr)CNC(=O)c1ccc(C)cc1. The Kier molecular flexibility index (Phi) is 5.86. The van der Waals surface area contributed by atoms with Gasteiger partial charge in [0, 0.05) is 17.4 Å². The van der Waals surface area contributed by atoms with E-state index in [0.29, 0.717) is 0 Å². The second-order valence-corrected chi connectivity index (χ2v) is 5.45. The zero-order chi connectivity index (χ0) is 13.6. The third kappa shape index (κ3) is 3.84. The van der Waals surface area contributed by atoms with Crippen LogP contribution in [0, 0.1) is 12.3 Å². The van der Waals surface area contributed by atoms with Crippen LogP contribution < -0.4 is 5.32 Å². The van der Waals surface area contributed by atoms with Gasteiger partial charge in [0.05, 0.1) is 0 Å². The number of amides is 1. The van der Waals surface area contributed by atoms with Gasteiger partial charge in [-0.15, -0.1) is 0 Å². The van der Waals surface area contributed by atoms with Gasteiger partial charge >= 0.3 is 0 Å². The first-order chi connectivity index (χ1) is 8.56. The number of carbonyl (C=O) groups is 1. The molecule has 0 aliphatic carbocycles. The predicted molar refractivity (Wildman–Crippen MR) is 80.3 cm³/mol. The highest BCUT2D eigenvalue weighted by atomic mass is 79.9. The Bertz CT molecular complexity index is 374. The Morgan fingerprint density at radius 2 is 1.78 bits per heavy atom. The number of nitrogens with one attached hydrogen (secondary N) is 1. The number of rotatable bonds is 6. The van der Waals surface area contributed by atoms with Crippen molar-refractivity contribution in [2.24, 2.45) is 5.41 Å². The molecule has 0 spiro atoms. The van der Waals surface area contributed by atoms with Gasteiger partial charge in [-0.05, 0) is 37.3 Å². The zero-order valence-electron chi connectivity index (χ0n) is 11.4. The third-order valence-corrected chi connectivity index (χ3v) is 4.91. The van der Waals surface area contributed by atoms with Crippen LogP contribution in [0.1, 0.15) is 42.6 Å². The molecule has 18 heavy (non-hydrogen) atoms. The van der Waals surface area contributed by atoms with Gasteiger partial charge in [-0.2, -0.15) is 0 Å². The quantitative estimate of drug-likeness (QED) is 0.792. The second kappa shape index (κ2) is 6.93. The van der Waals surface area contributed by atoms with E-state index in [2.05, 4.69) is 35.1 Å². The minimum absolute atomic E-state index is 0.0159. The van der Waals surface area contributed by atoms with Crippen molar-refractivity contribution in [3.8, 4) is 0 Å². The van der Waals surface area contributed by atoms with Crippen LogP contribution in [0.3, 0.4) is 0 Å². The van der Waals surface area contributed by atoms with Crippen molar-refractivity contribution in [1.82, 2.24) is 5.32 Å². The highest BCUT2D eigenvalue weighted by Gasteiger charge is 2.25. The highest BCUT2D eigenvalue weighted by Crippen LogP contribution is 2.27. The lowest BCUT2D eigenvalue weighted by Gasteiger charge is -2.29. The smallest absolute Gasteiger partial charge is 0.251 e. The van der Waals surface area contributed by atoms with E-state index >= 15 is 0 Å². The molecule has 0 radical (unpaired) electrons. The molecule has 3 heteroatoms. The van der Waals surface area contributed by atoms with Crippen molar-refractivity contribution in [3.05, 3.63) is 35.4 Å². The fourth-order valence-corrected chi connectivity index (χ4v) is 2.80. The predicted octanol–water partition coefficient (Wildman–Crippen LogP) is 3.93. The van der Waals surface area contributed by atoms with Gasteiger partial charge in [0.1, 0.15) is 0 Å². The maximum atomic E-state index is 12.0. The fraction of sp³-hybridized carbons (Fsp3) is 0.533. The van der Waals surface area contributed by atoms with E-state index in [1.165, 1.54) is 5.56 Å². The Balaban J connectivity index is 2.63. The number of alkyl halides is 1. The molecule has 0 fully saturated rings. The van der Waals surface area contributed by atoms with Crippen molar-refractivity contribution in [1.29, 1.82) is 0 Å². The molecule has 2 nitrogen and oxygen atoms in total. The molecule has 1 aromatic rings. The summed E-state index contributed by atoms with van der Waals surface area (Å²) in [7, 11) is 0. The molecule has 0 aromatic heterocycles. The van der Waals surface area contributed by atoms with Gasteiger partial charge in [-0.1, -0.05) is 47.5 Å². The van der Waals surface area contributed by atoms with E-state index in [-0.39, 0.29) is 11.3 Å². The summed E-state index contributed by atoms with van der Waals surface area (Å²) in [4.78, 5) is 12.0.